The summed E-state index contributed by atoms with van der Waals surface area (Å²) in [5.74, 6) is 1.45. The molecule has 0 radical (unpaired) electrons. The predicted octanol–water partition coefficient (Wildman–Crippen LogP) is 4.21. The number of nitrogens with one attached hydrogen (secondary N) is 3. The molecule has 4 aromatic rings. The molecule has 1 fully saturated rings. The molecular formula is C29H34ClN5O4. The minimum atomic E-state index is -0.857. The molecule has 0 amide bonds. The van der Waals surface area contributed by atoms with E-state index in [9.17, 15) is 15.0 Å². The van der Waals surface area contributed by atoms with Crippen LogP contribution < -0.4 is 15.6 Å². The van der Waals surface area contributed by atoms with Crippen LogP contribution in [0.1, 0.15) is 41.6 Å². The monoisotopic (exact) mass is 551 g/mol. The fraction of sp³-hybridized carbons (Fsp3) is 0.379. The van der Waals surface area contributed by atoms with Crippen molar-refractivity contribution in [2.45, 2.75) is 31.8 Å². The Kier molecular flexibility index (Phi) is 8.23. The van der Waals surface area contributed by atoms with Gasteiger partial charge in [-0.15, -0.1) is 0 Å². The minimum absolute atomic E-state index is 0.164. The number of piperidine rings is 1. The number of benzene rings is 2. The number of ether oxygens (including phenoxy) is 1. The Labute approximate surface area is 231 Å². The number of fused-ring (bicyclic) bond motifs is 1. The van der Waals surface area contributed by atoms with Crippen LogP contribution in [0.5, 0.6) is 5.75 Å². The number of aryl methyl sites for hydroxylation is 1. The standard InChI is InChI=1S/C29H34ClN5O4/c1-17-13-20(18-6-9-35(10-7-18)11-12-36)15-23-27(17)34-28(33-23)26-22(5-8-31-29(26)38)32-16-24(37)19-3-4-25(39-2)21(30)14-19/h3-5,8,13-15,18,24,36-37H,6-7,9-12,16H2,1-2H3,(H,33,34)(H2,31,32,38)/t24-/m1/s1. The molecule has 0 spiro atoms. The first-order valence-electron chi connectivity index (χ1n) is 13.2. The van der Waals surface area contributed by atoms with Gasteiger partial charge in [0.05, 0.1) is 41.6 Å². The number of H-pyrrole nitrogens is 2. The summed E-state index contributed by atoms with van der Waals surface area (Å²) in [7, 11) is 1.54. The van der Waals surface area contributed by atoms with Gasteiger partial charge in [-0.2, -0.15) is 0 Å². The van der Waals surface area contributed by atoms with E-state index >= 15 is 0 Å². The fourth-order valence-corrected chi connectivity index (χ4v) is 5.65. The van der Waals surface area contributed by atoms with Crippen molar-refractivity contribution in [3.63, 3.8) is 0 Å². The smallest absolute Gasteiger partial charge is 0.261 e. The van der Waals surface area contributed by atoms with Gasteiger partial charge in [-0.05, 0) is 79.7 Å². The number of aromatic nitrogens is 3. The molecule has 0 unspecified atom stereocenters. The molecule has 3 heterocycles. The lowest BCUT2D eigenvalue weighted by atomic mass is 9.88. The first kappa shape index (κ1) is 27.2. The van der Waals surface area contributed by atoms with Crippen LogP contribution >= 0.6 is 11.6 Å². The van der Waals surface area contributed by atoms with Crippen molar-refractivity contribution in [3.05, 3.63) is 74.7 Å². The molecule has 206 valence electrons. The lowest BCUT2D eigenvalue weighted by molar-refractivity contribution is 0.164. The highest BCUT2D eigenvalue weighted by Gasteiger charge is 2.22. The minimum Gasteiger partial charge on any atom is -0.495 e. The number of halogens is 1. The second kappa shape index (κ2) is 11.8. The maximum Gasteiger partial charge on any atom is 0.261 e. The van der Waals surface area contributed by atoms with Crippen LogP contribution in [0.2, 0.25) is 5.02 Å². The van der Waals surface area contributed by atoms with Gasteiger partial charge in [0, 0.05) is 19.3 Å². The molecule has 9 nitrogen and oxygen atoms in total. The molecule has 2 aromatic heterocycles. The molecule has 1 aliphatic rings. The first-order valence-corrected chi connectivity index (χ1v) is 13.6. The quantitative estimate of drug-likeness (QED) is 0.211. The van der Waals surface area contributed by atoms with Crippen molar-refractivity contribution < 1.29 is 14.9 Å². The summed E-state index contributed by atoms with van der Waals surface area (Å²) in [4.78, 5) is 26.2. The summed E-state index contributed by atoms with van der Waals surface area (Å²) < 4.78 is 5.19. The molecule has 5 N–H and O–H groups in total. The Morgan fingerprint density at radius 3 is 2.74 bits per heavy atom. The van der Waals surface area contributed by atoms with Crippen molar-refractivity contribution >= 4 is 28.3 Å². The van der Waals surface area contributed by atoms with Crippen LogP contribution in [0.15, 0.2) is 47.4 Å². The van der Waals surface area contributed by atoms with Gasteiger partial charge in [0.25, 0.3) is 5.56 Å². The summed E-state index contributed by atoms with van der Waals surface area (Å²) in [6, 6.07) is 11.2. The summed E-state index contributed by atoms with van der Waals surface area (Å²) >= 11 is 6.22. The zero-order valence-corrected chi connectivity index (χ0v) is 22.9. The first-order chi connectivity index (χ1) is 18.9. The van der Waals surface area contributed by atoms with E-state index in [4.69, 9.17) is 21.3 Å². The molecule has 0 bridgehead atoms. The molecule has 1 saturated heterocycles. The van der Waals surface area contributed by atoms with E-state index in [0.717, 1.165) is 49.1 Å². The van der Waals surface area contributed by atoms with Crippen molar-refractivity contribution in [2.24, 2.45) is 0 Å². The largest absolute Gasteiger partial charge is 0.495 e. The molecule has 0 aliphatic carbocycles. The number of hydrogen-bond donors (Lipinski definition) is 5. The lowest BCUT2D eigenvalue weighted by Crippen LogP contribution is -2.34. The Hall–Kier alpha value is -3.37. The van der Waals surface area contributed by atoms with Crippen molar-refractivity contribution in [2.75, 3.05) is 45.2 Å². The summed E-state index contributed by atoms with van der Waals surface area (Å²) in [5, 5.41) is 23.6. The van der Waals surface area contributed by atoms with E-state index in [2.05, 4.69) is 32.3 Å². The van der Waals surface area contributed by atoms with Gasteiger partial charge in [-0.3, -0.25) is 4.79 Å². The summed E-state index contributed by atoms with van der Waals surface area (Å²) in [6.07, 6.45) is 2.80. The number of nitrogens with zero attached hydrogens (tertiary/aromatic N) is 2. The third-order valence-electron chi connectivity index (χ3n) is 7.52. The Bertz CT molecular complexity index is 1510. The Balaban J connectivity index is 1.38. The van der Waals surface area contributed by atoms with Crippen LogP contribution in [-0.4, -0.2) is 70.0 Å². The third-order valence-corrected chi connectivity index (χ3v) is 7.81. The highest BCUT2D eigenvalue weighted by molar-refractivity contribution is 6.32. The summed E-state index contributed by atoms with van der Waals surface area (Å²) in [5.41, 5.74) is 5.33. The lowest BCUT2D eigenvalue weighted by Gasteiger charge is -2.31. The molecule has 5 rings (SSSR count). The predicted molar refractivity (Wildman–Crippen MR) is 154 cm³/mol. The number of methoxy groups -OCH3 is 1. The van der Waals surface area contributed by atoms with E-state index in [1.165, 1.54) is 12.7 Å². The van der Waals surface area contributed by atoms with Gasteiger partial charge in [0.1, 0.15) is 17.1 Å². The van der Waals surface area contributed by atoms with E-state index in [1.807, 2.05) is 6.92 Å². The SMILES string of the molecule is COc1ccc([C@H](O)CNc2cc[nH]c(=O)c2-c2nc3c(C)cc(C4CCN(CCO)CC4)cc3[nH]2)cc1Cl. The number of β-amino-alcohol motifs (C(OH)–C–C–N with tert-alkyl or cyclic N) is 1. The van der Waals surface area contributed by atoms with Crippen LogP contribution in [-0.2, 0) is 0 Å². The van der Waals surface area contributed by atoms with Crippen molar-refractivity contribution in [3.8, 4) is 17.1 Å². The number of hydrogen-bond acceptors (Lipinski definition) is 7. The van der Waals surface area contributed by atoms with Gasteiger partial charge in [0.2, 0.25) is 0 Å². The molecule has 0 saturated carbocycles. The van der Waals surface area contributed by atoms with Crippen molar-refractivity contribution in [1.82, 2.24) is 19.9 Å². The molecule has 39 heavy (non-hydrogen) atoms. The van der Waals surface area contributed by atoms with Crippen LogP contribution in [0.25, 0.3) is 22.4 Å². The van der Waals surface area contributed by atoms with E-state index in [1.54, 1.807) is 30.5 Å². The van der Waals surface area contributed by atoms with Gasteiger partial charge >= 0.3 is 0 Å². The Morgan fingerprint density at radius 1 is 1.23 bits per heavy atom. The molecular weight excluding hydrogens is 518 g/mol. The van der Waals surface area contributed by atoms with E-state index < -0.39 is 6.10 Å². The highest BCUT2D eigenvalue weighted by Crippen LogP contribution is 2.33. The van der Waals surface area contributed by atoms with Gasteiger partial charge in [0.15, 0.2) is 0 Å². The fourth-order valence-electron chi connectivity index (χ4n) is 5.38. The van der Waals surface area contributed by atoms with Gasteiger partial charge in [-0.25, -0.2) is 4.98 Å². The third kappa shape index (κ3) is 5.81. The average Bonchev–Trinajstić information content (AvgIpc) is 3.36. The van der Waals surface area contributed by atoms with Crippen LogP contribution in [0.4, 0.5) is 5.69 Å². The normalized spacial score (nSPS) is 15.5. The van der Waals surface area contributed by atoms with Gasteiger partial charge in [-0.1, -0.05) is 23.7 Å². The van der Waals surface area contributed by atoms with E-state index in [-0.39, 0.29) is 18.7 Å². The summed E-state index contributed by atoms with van der Waals surface area (Å²) in [6.45, 7) is 5.07. The van der Waals surface area contributed by atoms with Crippen molar-refractivity contribution in [1.29, 1.82) is 0 Å². The Morgan fingerprint density at radius 2 is 2.03 bits per heavy atom. The number of aliphatic hydroxyl groups excluding tert-OH is 2. The highest BCUT2D eigenvalue weighted by atomic mass is 35.5. The van der Waals surface area contributed by atoms with Crippen LogP contribution in [0, 0.1) is 6.92 Å². The number of anilines is 1. The number of rotatable bonds is 9. The number of likely N-dealkylation sites (tertiary alicyclic amines) is 1. The van der Waals surface area contributed by atoms with E-state index in [0.29, 0.717) is 39.3 Å². The van der Waals surface area contributed by atoms with Crippen LogP contribution in [0.3, 0.4) is 0 Å². The zero-order valence-electron chi connectivity index (χ0n) is 22.1. The second-order valence-corrected chi connectivity index (χ2v) is 10.5. The molecule has 10 heteroatoms. The number of aliphatic hydroxyl groups is 2. The number of pyridine rings is 1. The average molecular weight is 552 g/mol. The maximum atomic E-state index is 13.0. The topological polar surface area (TPSA) is 126 Å². The molecule has 1 aliphatic heterocycles. The zero-order chi connectivity index (χ0) is 27.5. The maximum absolute atomic E-state index is 13.0. The van der Waals surface area contributed by atoms with Gasteiger partial charge < -0.3 is 35.1 Å². The molecule has 1 atom stereocenters. The molecule has 2 aromatic carbocycles. The number of imidazole rings is 1. The number of aromatic amines is 2. The second-order valence-electron chi connectivity index (χ2n) is 10.0.